The highest BCUT2D eigenvalue weighted by atomic mass is 32.1. The summed E-state index contributed by atoms with van der Waals surface area (Å²) in [6, 6.07) is 2.58. The molecule has 0 spiro atoms. The van der Waals surface area contributed by atoms with Gasteiger partial charge in [0.25, 0.3) is 11.8 Å². The molecular weight excluding hydrogens is 322 g/mol. The molecule has 0 unspecified atom stereocenters. The Bertz CT molecular complexity index is 742. The van der Waals surface area contributed by atoms with Crippen molar-refractivity contribution in [1.82, 2.24) is 14.8 Å². The zero-order chi connectivity index (χ0) is 17.4. The fourth-order valence-corrected chi connectivity index (χ4v) is 3.93. The van der Waals surface area contributed by atoms with Gasteiger partial charge in [0, 0.05) is 24.5 Å². The maximum absolute atomic E-state index is 12.4. The van der Waals surface area contributed by atoms with Crippen LogP contribution in [0.25, 0.3) is 6.08 Å². The van der Waals surface area contributed by atoms with Gasteiger partial charge in [0.1, 0.15) is 5.57 Å². The first-order valence-electron chi connectivity index (χ1n) is 8.43. The highest BCUT2D eigenvalue weighted by molar-refractivity contribution is 7.80. The van der Waals surface area contributed by atoms with E-state index in [2.05, 4.69) is 29.8 Å². The largest absolute Gasteiger partial charge is 0.346 e. The van der Waals surface area contributed by atoms with Crippen LogP contribution in [0.2, 0.25) is 0 Å². The second-order valence-corrected chi connectivity index (χ2v) is 7.06. The summed E-state index contributed by atoms with van der Waals surface area (Å²) in [4.78, 5) is 25.8. The lowest BCUT2D eigenvalue weighted by molar-refractivity contribution is -0.128. The topological polar surface area (TPSA) is 54.3 Å². The Labute approximate surface area is 147 Å². The van der Waals surface area contributed by atoms with E-state index in [1.165, 1.54) is 42.7 Å². The van der Waals surface area contributed by atoms with E-state index < -0.39 is 5.91 Å². The minimum atomic E-state index is -0.425. The lowest BCUT2D eigenvalue weighted by Gasteiger charge is -2.26. The Balaban J connectivity index is 1.97. The quantitative estimate of drug-likeness (QED) is 0.509. The van der Waals surface area contributed by atoms with E-state index in [-0.39, 0.29) is 16.6 Å². The summed E-state index contributed by atoms with van der Waals surface area (Å²) < 4.78 is 2.37. The number of aromatic nitrogens is 1. The summed E-state index contributed by atoms with van der Waals surface area (Å²) in [5, 5.41) is 2.70. The Morgan fingerprint density at radius 2 is 1.88 bits per heavy atom. The van der Waals surface area contributed by atoms with Gasteiger partial charge in [-0.3, -0.25) is 19.8 Å². The van der Waals surface area contributed by atoms with Gasteiger partial charge in [-0.2, -0.15) is 0 Å². The number of hydrogen-bond donors (Lipinski definition) is 1. The fourth-order valence-electron chi connectivity index (χ4n) is 3.75. The molecule has 1 aromatic heterocycles. The SMILES string of the molecule is Cc1cc(/C=C2\C(=O)NC(=S)N(C)C2=O)c(C)n1C1CCCCC1. The summed E-state index contributed by atoms with van der Waals surface area (Å²) in [7, 11) is 1.57. The van der Waals surface area contributed by atoms with Gasteiger partial charge in [0.05, 0.1) is 0 Å². The number of carbonyl (C=O) groups excluding carboxylic acids is 2. The van der Waals surface area contributed by atoms with Crippen molar-refractivity contribution in [2.75, 3.05) is 7.05 Å². The summed E-state index contributed by atoms with van der Waals surface area (Å²) in [6.07, 6.45) is 7.93. The molecule has 3 rings (SSSR count). The van der Waals surface area contributed by atoms with Gasteiger partial charge in [0.2, 0.25) is 0 Å². The molecule has 1 saturated carbocycles. The minimum Gasteiger partial charge on any atom is -0.346 e. The van der Waals surface area contributed by atoms with Crippen molar-refractivity contribution in [2.24, 2.45) is 0 Å². The molecule has 1 saturated heterocycles. The highest BCUT2D eigenvalue weighted by Gasteiger charge is 2.31. The van der Waals surface area contributed by atoms with E-state index in [9.17, 15) is 9.59 Å². The van der Waals surface area contributed by atoms with Crippen LogP contribution in [0, 0.1) is 13.8 Å². The van der Waals surface area contributed by atoms with Crippen molar-refractivity contribution in [3.8, 4) is 0 Å². The molecule has 1 aliphatic heterocycles. The standard InChI is InChI=1S/C18H23N3O2S/c1-11-9-13(12(2)21(11)14-7-5-4-6-8-14)10-15-16(22)19-18(24)20(3)17(15)23/h9-10,14H,4-8H2,1-3H3,(H,19,22,24)/b15-10+. The molecular formula is C18H23N3O2S. The van der Waals surface area contributed by atoms with E-state index in [0.29, 0.717) is 6.04 Å². The first kappa shape index (κ1) is 16.9. The smallest absolute Gasteiger partial charge is 0.265 e. The van der Waals surface area contributed by atoms with Gasteiger partial charge >= 0.3 is 0 Å². The summed E-state index contributed by atoms with van der Waals surface area (Å²) in [5.41, 5.74) is 3.36. The van der Waals surface area contributed by atoms with E-state index >= 15 is 0 Å². The van der Waals surface area contributed by atoms with Gasteiger partial charge in [-0.25, -0.2) is 0 Å². The number of likely N-dealkylation sites (N-methyl/N-ethyl adjacent to an activating group) is 1. The lowest BCUT2D eigenvalue weighted by atomic mass is 9.95. The van der Waals surface area contributed by atoms with E-state index in [0.717, 1.165) is 11.3 Å². The van der Waals surface area contributed by atoms with Gasteiger partial charge in [-0.05, 0) is 56.6 Å². The van der Waals surface area contributed by atoms with Crippen LogP contribution in [0.1, 0.15) is 55.1 Å². The normalized spacial score (nSPS) is 21.5. The molecule has 0 bridgehead atoms. The lowest BCUT2D eigenvalue weighted by Crippen LogP contribution is -2.52. The van der Waals surface area contributed by atoms with Crippen molar-refractivity contribution in [3.05, 3.63) is 28.6 Å². The van der Waals surface area contributed by atoms with Gasteiger partial charge in [-0.15, -0.1) is 0 Å². The average Bonchev–Trinajstić information content (AvgIpc) is 2.84. The first-order chi connectivity index (χ1) is 11.4. The van der Waals surface area contributed by atoms with Crippen molar-refractivity contribution in [1.29, 1.82) is 0 Å². The van der Waals surface area contributed by atoms with Gasteiger partial charge < -0.3 is 4.57 Å². The number of hydrogen-bond acceptors (Lipinski definition) is 3. The summed E-state index contributed by atoms with van der Waals surface area (Å²) >= 11 is 4.98. The number of rotatable bonds is 2. The molecule has 2 heterocycles. The Morgan fingerprint density at radius 1 is 1.21 bits per heavy atom. The van der Waals surface area contributed by atoms with Crippen LogP contribution in [0.3, 0.4) is 0 Å². The molecule has 24 heavy (non-hydrogen) atoms. The zero-order valence-corrected chi connectivity index (χ0v) is 15.2. The van der Waals surface area contributed by atoms with Crippen LogP contribution in [0.4, 0.5) is 0 Å². The predicted molar refractivity (Wildman–Crippen MR) is 97.5 cm³/mol. The molecule has 6 heteroatoms. The first-order valence-corrected chi connectivity index (χ1v) is 8.84. The number of aryl methyl sites for hydroxylation is 1. The predicted octanol–water partition coefficient (Wildman–Crippen LogP) is 2.87. The van der Waals surface area contributed by atoms with Gasteiger partial charge in [-0.1, -0.05) is 19.3 Å². The average molecular weight is 345 g/mol. The molecule has 5 nitrogen and oxygen atoms in total. The molecule has 2 aliphatic rings. The summed E-state index contributed by atoms with van der Waals surface area (Å²) in [6.45, 7) is 4.15. The molecule has 0 aromatic carbocycles. The molecule has 1 aliphatic carbocycles. The second-order valence-electron chi connectivity index (χ2n) is 6.67. The van der Waals surface area contributed by atoms with Crippen molar-refractivity contribution in [3.63, 3.8) is 0 Å². The van der Waals surface area contributed by atoms with Crippen LogP contribution in [-0.2, 0) is 9.59 Å². The monoisotopic (exact) mass is 345 g/mol. The Morgan fingerprint density at radius 3 is 2.54 bits per heavy atom. The molecule has 2 amide bonds. The molecule has 128 valence electrons. The highest BCUT2D eigenvalue weighted by Crippen LogP contribution is 2.32. The summed E-state index contributed by atoms with van der Waals surface area (Å²) in [5.74, 6) is -0.781. The number of amides is 2. The van der Waals surface area contributed by atoms with Crippen LogP contribution in [-0.4, -0.2) is 33.4 Å². The van der Waals surface area contributed by atoms with E-state index in [1.807, 2.05) is 0 Å². The fraction of sp³-hybridized carbons (Fsp3) is 0.500. The van der Waals surface area contributed by atoms with Crippen molar-refractivity contribution in [2.45, 2.75) is 52.0 Å². The van der Waals surface area contributed by atoms with Crippen molar-refractivity contribution < 1.29 is 9.59 Å². The molecule has 0 radical (unpaired) electrons. The number of thiocarbonyl (C=S) groups is 1. The molecule has 0 atom stereocenters. The minimum absolute atomic E-state index is 0.134. The van der Waals surface area contributed by atoms with Crippen LogP contribution >= 0.6 is 12.2 Å². The third-order valence-corrected chi connectivity index (χ3v) is 5.44. The molecule has 2 fully saturated rings. The number of nitrogens with zero attached hydrogens (tertiary/aromatic N) is 2. The zero-order valence-electron chi connectivity index (χ0n) is 14.4. The third kappa shape index (κ3) is 2.90. The van der Waals surface area contributed by atoms with Crippen LogP contribution < -0.4 is 5.32 Å². The second kappa shape index (κ2) is 6.51. The Hall–Kier alpha value is -1.95. The van der Waals surface area contributed by atoms with E-state index in [1.54, 1.807) is 13.1 Å². The van der Waals surface area contributed by atoms with E-state index in [4.69, 9.17) is 12.2 Å². The number of nitrogens with one attached hydrogen (secondary N) is 1. The number of carbonyl (C=O) groups is 2. The molecule has 1 N–H and O–H groups in total. The Kier molecular flexibility index (Phi) is 4.58. The van der Waals surface area contributed by atoms with Crippen LogP contribution in [0.5, 0.6) is 0 Å². The maximum atomic E-state index is 12.4. The van der Waals surface area contributed by atoms with Crippen molar-refractivity contribution >= 4 is 35.2 Å². The molecule has 1 aromatic rings. The van der Waals surface area contributed by atoms with Gasteiger partial charge in [0.15, 0.2) is 5.11 Å². The third-order valence-electron chi connectivity index (χ3n) is 5.07. The van der Waals surface area contributed by atoms with Crippen LogP contribution in [0.15, 0.2) is 11.6 Å². The maximum Gasteiger partial charge on any atom is 0.265 e.